The molecule has 0 aliphatic heterocycles. The van der Waals surface area contributed by atoms with E-state index in [1.807, 2.05) is 38.4 Å². The molecule has 0 atom stereocenters. The van der Waals surface area contributed by atoms with Crippen molar-refractivity contribution in [3.63, 3.8) is 0 Å². The third-order valence-corrected chi connectivity index (χ3v) is 4.32. The number of hydrogen-bond donors (Lipinski definition) is 1. The molecule has 0 bridgehead atoms. The van der Waals surface area contributed by atoms with Crippen LogP contribution in [0.15, 0.2) is 30.5 Å². The molecular weight excluding hydrogens is 386 g/mol. The summed E-state index contributed by atoms with van der Waals surface area (Å²) >= 11 is 0. The molecule has 2 heterocycles. The summed E-state index contributed by atoms with van der Waals surface area (Å²) in [6.07, 6.45) is 1.46. The van der Waals surface area contributed by atoms with Crippen LogP contribution in [0, 0.1) is 6.92 Å². The molecule has 3 rings (SSSR count). The summed E-state index contributed by atoms with van der Waals surface area (Å²) < 4.78 is 11.8. The number of aromatic nitrogens is 5. The zero-order valence-electron chi connectivity index (χ0n) is 17.7. The Morgan fingerprint density at radius 3 is 2.53 bits per heavy atom. The first-order valence-corrected chi connectivity index (χ1v) is 9.45. The summed E-state index contributed by atoms with van der Waals surface area (Å²) in [5.74, 6) is 1.53. The third-order valence-electron chi connectivity index (χ3n) is 4.32. The van der Waals surface area contributed by atoms with E-state index in [2.05, 4.69) is 25.4 Å². The molecule has 158 valence electrons. The Balaban J connectivity index is 1.88. The minimum atomic E-state index is -0.430. The van der Waals surface area contributed by atoms with Crippen molar-refractivity contribution in [2.75, 3.05) is 38.0 Å². The van der Waals surface area contributed by atoms with Crippen molar-refractivity contribution < 1.29 is 14.3 Å². The number of esters is 1. The van der Waals surface area contributed by atoms with Crippen LogP contribution in [0.5, 0.6) is 5.75 Å². The van der Waals surface area contributed by atoms with Crippen LogP contribution in [0.4, 0.5) is 11.9 Å². The topological polar surface area (TPSA) is 107 Å². The van der Waals surface area contributed by atoms with Crippen LogP contribution in [0.25, 0.3) is 5.95 Å². The Labute approximate surface area is 174 Å². The summed E-state index contributed by atoms with van der Waals surface area (Å²) in [5.41, 5.74) is 2.01. The zero-order chi connectivity index (χ0) is 21.7. The Kier molecular flexibility index (Phi) is 6.45. The van der Waals surface area contributed by atoms with Crippen LogP contribution >= 0.6 is 0 Å². The molecule has 30 heavy (non-hydrogen) atoms. The predicted octanol–water partition coefficient (Wildman–Crippen LogP) is 2.23. The smallest absolute Gasteiger partial charge is 0.341 e. The Morgan fingerprint density at radius 1 is 1.17 bits per heavy atom. The molecule has 1 aromatic carbocycles. The van der Waals surface area contributed by atoms with Crippen molar-refractivity contribution in [2.45, 2.75) is 20.4 Å². The number of rotatable bonds is 8. The maximum Gasteiger partial charge on any atom is 0.341 e. The molecule has 0 aliphatic carbocycles. The van der Waals surface area contributed by atoms with E-state index in [1.54, 1.807) is 25.9 Å². The molecule has 1 N–H and O–H groups in total. The van der Waals surface area contributed by atoms with Gasteiger partial charge in [0.1, 0.15) is 11.3 Å². The molecule has 0 unspecified atom stereocenters. The molecule has 0 saturated heterocycles. The Bertz CT molecular complexity index is 1020. The van der Waals surface area contributed by atoms with E-state index in [-0.39, 0.29) is 0 Å². The number of carbonyl (C=O) groups excluding carboxylic acids is 1. The Hall–Kier alpha value is -3.69. The van der Waals surface area contributed by atoms with Crippen LogP contribution in [0.2, 0.25) is 0 Å². The number of nitrogens with one attached hydrogen (secondary N) is 1. The number of ether oxygens (including phenoxy) is 2. The Morgan fingerprint density at radius 2 is 1.90 bits per heavy atom. The van der Waals surface area contributed by atoms with Gasteiger partial charge in [-0.25, -0.2) is 9.48 Å². The molecule has 2 aromatic heterocycles. The number of hydrogen-bond acceptors (Lipinski definition) is 9. The van der Waals surface area contributed by atoms with Gasteiger partial charge in [0.2, 0.25) is 11.9 Å². The van der Waals surface area contributed by atoms with Crippen molar-refractivity contribution >= 4 is 17.9 Å². The minimum absolute atomic E-state index is 0.291. The van der Waals surface area contributed by atoms with Crippen molar-refractivity contribution in [2.24, 2.45) is 0 Å². The van der Waals surface area contributed by atoms with Gasteiger partial charge in [0.15, 0.2) is 0 Å². The molecule has 0 radical (unpaired) electrons. The predicted molar refractivity (Wildman–Crippen MR) is 112 cm³/mol. The van der Waals surface area contributed by atoms with Gasteiger partial charge >= 0.3 is 5.97 Å². The fraction of sp³-hybridized carbons (Fsp3) is 0.350. The van der Waals surface area contributed by atoms with Crippen molar-refractivity contribution in [1.29, 1.82) is 0 Å². The van der Waals surface area contributed by atoms with E-state index >= 15 is 0 Å². The zero-order valence-corrected chi connectivity index (χ0v) is 17.7. The number of anilines is 2. The first kappa shape index (κ1) is 21.0. The van der Waals surface area contributed by atoms with E-state index in [1.165, 1.54) is 10.9 Å². The van der Waals surface area contributed by atoms with Gasteiger partial charge < -0.3 is 19.7 Å². The lowest BCUT2D eigenvalue weighted by Gasteiger charge is -2.14. The quantitative estimate of drug-likeness (QED) is 0.558. The van der Waals surface area contributed by atoms with Crippen molar-refractivity contribution in [3.8, 4) is 11.7 Å². The summed E-state index contributed by atoms with van der Waals surface area (Å²) in [4.78, 5) is 27.2. The second-order valence-corrected chi connectivity index (χ2v) is 6.63. The van der Waals surface area contributed by atoms with Gasteiger partial charge in [0, 0.05) is 20.6 Å². The lowest BCUT2D eigenvalue weighted by molar-refractivity contribution is 0.0525. The van der Waals surface area contributed by atoms with Gasteiger partial charge in [0.25, 0.3) is 5.95 Å². The van der Waals surface area contributed by atoms with Crippen LogP contribution in [-0.4, -0.2) is 58.5 Å². The highest BCUT2D eigenvalue weighted by molar-refractivity contribution is 5.90. The standard InChI is InChI=1S/C20H25N7O3/c1-6-30-17(28)16-12-22-27(13(16)2)20-24-18(23-19(25-20)26(3)4)21-11-14-7-9-15(29-5)10-8-14/h7-10,12H,6,11H2,1-5H3,(H,21,23,24,25). The summed E-state index contributed by atoms with van der Waals surface area (Å²) in [6, 6.07) is 7.71. The molecular formula is C20H25N7O3. The number of nitrogens with zero attached hydrogens (tertiary/aromatic N) is 6. The molecule has 0 spiro atoms. The SMILES string of the molecule is CCOC(=O)c1cnn(-c2nc(NCc3ccc(OC)cc3)nc(N(C)C)n2)c1C. The molecule has 10 nitrogen and oxygen atoms in total. The summed E-state index contributed by atoms with van der Waals surface area (Å²) in [7, 11) is 5.31. The summed E-state index contributed by atoms with van der Waals surface area (Å²) in [5, 5.41) is 7.48. The second kappa shape index (κ2) is 9.21. The van der Waals surface area contributed by atoms with Gasteiger partial charge in [-0.3, -0.25) is 0 Å². The minimum Gasteiger partial charge on any atom is -0.497 e. The number of methoxy groups -OCH3 is 1. The van der Waals surface area contributed by atoms with E-state index in [0.717, 1.165) is 11.3 Å². The maximum absolute atomic E-state index is 12.1. The highest BCUT2D eigenvalue weighted by Gasteiger charge is 2.19. The molecule has 10 heteroatoms. The average Bonchev–Trinajstić information content (AvgIpc) is 3.14. The van der Waals surface area contributed by atoms with E-state index in [0.29, 0.717) is 42.3 Å². The largest absolute Gasteiger partial charge is 0.497 e. The average molecular weight is 411 g/mol. The molecule has 0 saturated carbocycles. The van der Waals surface area contributed by atoms with E-state index < -0.39 is 5.97 Å². The number of benzene rings is 1. The van der Waals surface area contributed by atoms with Crippen LogP contribution in [-0.2, 0) is 11.3 Å². The van der Waals surface area contributed by atoms with Crippen LogP contribution < -0.4 is 15.0 Å². The van der Waals surface area contributed by atoms with E-state index in [4.69, 9.17) is 9.47 Å². The van der Waals surface area contributed by atoms with Crippen molar-refractivity contribution in [3.05, 3.63) is 47.3 Å². The van der Waals surface area contributed by atoms with Gasteiger partial charge in [-0.05, 0) is 31.5 Å². The fourth-order valence-electron chi connectivity index (χ4n) is 2.67. The normalized spacial score (nSPS) is 10.6. The fourth-order valence-corrected chi connectivity index (χ4v) is 2.67. The van der Waals surface area contributed by atoms with Gasteiger partial charge in [-0.15, -0.1) is 0 Å². The first-order chi connectivity index (χ1) is 14.4. The van der Waals surface area contributed by atoms with E-state index in [9.17, 15) is 4.79 Å². The lowest BCUT2D eigenvalue weighted by atomic mass is 10.2. The van der Waals surface area contributed by atoms with Gasteiger partial charge in [-0.1, -0.05) is 12.1 Å². The van der Waals surface area contributed by atoms with Gasteiger partial charge in [-0.2, -0.15) is 20.1 Å². The number of carbonyl (C=O) groups is 1. The van der Waals surface area contributed by atoms with Crippen LogP contribution in [0.3, 0.4) is 0 Å². The maximum atomic E-state index is 12.1. The molecule has 0 aliphatic rings. The lowest BCUT2D eigenvalue weighted by Crippen LogP contribution is -2.18. The van der Waals surface area contributed by atoms with Crippen LogP contribution in [0.1, 0.15) is 28.5 Å². The monoisotopic (exact) mass is 411 g/mol. The molecule has 0 amide bonds. The third kappa shape index (κ3) is 4.65. The second-order valence-electron chi connectivity index (χ2n) is 6.63. The van der Waals surface area contributed by atoms with Crippen molar-refractivity contribution in [1.82, 2.24) is 24.7 Å². The summed E-state index contributed by atoms with van der Waals surface area (Å²) in [6.45, 7) is 4.34. The van der Waals surface area contributed by atoms with Gasteiger partial charge in [0.05, 0.1) is 25.6 Å². The first-order valence-electron chi connectivity index (χ1n) is 9.45. The molecule has 0 fully saturated rings. The molecule has 3 aromatic rings. The highest BCUT2D eigenvalue weighted by Crippen LogP contribution is 2.17. The highest BCUT2D eigenvalue weighted by atomic mass is 16.5.